The van der Waals surface area contributed by atoms with E-state index in [0.29, 0.717) is 0 Å². The molecule has 0 atom stereocenters. The molecule has 0 aliphatic heterocycles. The zero-order valence-corrected chi connectivity index (χ0v) is 9.51. The quantitative estimate of drug-likeness (QED) is 0.671. The van der Waals surface area contributed by atoms with Crippen molar-refractivity contribution >= 4 is 34.1 Å². The summed E-state index contributed by atoms with van der Waals surface area (Å²) in [6, 6.07) is 4.41. The third kappa shape index (κ3) is 1.38. The van der Waals surface area contributed by atoms with Crippen molar-refractivity contribution in [3.63, 3.8) is 0 Å². The van der Waals surface area contributed by atoms with Crippen LogP contribution in [0.15, 0.2) is 22.4 Å². The van der Waals surface area contributed by atoms with Gasteiger partial charge in [0, 0.05) is 20.4 Å². The third-order valence-corrected chi connectivity index (χ3v) is 3.96. The zero-order valence-electron chi connectivity index (χ0n) is 7.79. The Morgan fingerprint density at radius 1 is 1.38 bits per heavy atom. The van der Waals surface area contributed by atoms with E-state index in [1.165, 1.54) is 21.2 Å². The number of rotatable bonds is 1. The van der Waals surface area contributed by atoms with Gasteiger partial charge in [0.1, 0.15) is 0 Å². The molecule has 0 fully saturated rings. The Balaban J connectivity index is 2.87. The van der Waals surface area contributed by atoms with Crippen LogP contribution < -0.4 is 0 Å². The van der Waals surface area contributed by atoms with E-state index in [1.54, 1.807) is 11.3 Å². The maximum atomic E-state index is 4.47. The number of aryl methyl sites for hydroxylation is 2. The first-order valence-electron chi connectivity index (χ1n) is 4.42. The van der Waals surface area contributed by atoms with Crippen LogP contribution in [0.3, 0.4) is 0 Å². The fourth-order valence-electron chi connectivity index (χ4n) is 1.63. The largest absolute Gasteiger partial charge is 0.142 e. The van der Waals surface area contributed by atoms with Gasteiger partial charge in [-0.25, -0.2) is 0 Å². The van der Waals surface area contributed by atoms with Gasteiger partial charge in [-0.1, -0.05) is 19.1 Å². The minimum absolute atomic E-state index is 1.10. The Hall–Kier alpha value is -0.470. The van der Waals surface area contributed by atoms with Gasteiger partial charge in [-0.2, -0.15) is 0 Å². The van der Waals surface area contributed by atoms with Crippen molar-refractivity contribution < 1.29 is 0 Å². The van der Waals surface area contributed by atoms with Gasteiger partial charge in [-0.05, 0) is 24.5 Å². The number of thiophene rings is 1. The van der Waals surface area contributed by atoms with E-state index < -0.39 is 0 Å². The second kappa shape index (κ2) is 3.35. The maximum absolute atomic E-state index is 4.47. The lowest BCUT2D eigenvalue weighted by atomic mass is 10.1. The highest BCUT2D eigenvalue weighted by Gasteiger charge is 2.06. The summed E-state index contributed by atoms with van der Waals surface area (Å²) >= 11 is 6.27. The molecule has 0 unspecified atom stereocenters. The summed E-state index contributed by atoms with van der Waals surface area (Å²) in [5.41, 5.74) is 2.77. The molecule has 0 saturated heterocycles. The van der Waals surface area contributed by atoms with E-state index in [1.807, 2.05) is 0 Å². The average Bonchev–Trinajstić information content (AvgIpc) is 2.50. The fourth-order valence-corrected chi connectivity index (χ4v) is 3.25. The normalized spacial score (nSPS) is 11.0. The molecule has 68 valence electrons. The second-order valence-corrected chi connectivity index (χ2v) is 4.58. The van der Waals surface area contributed by atoms with Crippen LogP contribution in [0.4, 0.5) is 0 Å². The fraction of sp³-hybridized carbons (Fsp3) is 0.273. The molecular weight excluding hydrogens is 196 g/mol. The summed E-state index contributed by atoms with van der Waals surface area (Å²) in [6.45, 7) is 4.34. The van der Waals surface area contributed by atoms with Crippen molar-refractivity contribution in [2.24, 2.45) is 0 Å². The van der Waals surface area contributed by atoms with Crippen LogP contribution in [0.2, 0.25) is 0 Å². The van der Waals surface area contributed by atoms with Crippen LogP contribution in [0.25, 0.3) is 10.1 Å². The predicted octanol–water partition coefficient (Wildman–Crippen LogP) is 4.06. The molecule has 1 aromatic carbocycles. The van der Waals surface area contributed by atoms with Crippen LogP contribution in [0.1, 0.15) is 18.1 Å². The van der Waals surface area contributed by atoms with E-state index in [2.05, 4.69) is 44.0 Å². The number of hydrogen-bond acceptors (Lipinski definition) is 2. The van der Waals surface area contributed by atoms with Gasteiger partial charge < -0.3 is 0 Å². The topological polar surface area (TPSA) is 0 Å². The van der Waals surface area contributed by atoms with Crippen LogP contribution in [0.5, 0.6) is 0 Å². The molecule has 1 heterocycles. The van der Waals surface area contributed by atoms with Crippen LogP contribution in [0, 0.1) is 6.92 Å². The molecule has 2 rings (SSSR count). The van der Waals surface area contributed by atoms with Gasteiger partial charge in [-0.15, -0.1) is 24.0 Å². The Morgan fingerprint density at radius 3 is 2.85 bits per heavy atom. The summed E-state index contributed by atoms with van der Waals surface area (Å²) in [4.78, 5) is 1.12. The van der Waals surface area contributed by atoms with Crippen molar-refractivity contribution in [1.29, 1.82) is 0 Å². The van der Waals surface area contributed by atoms with Crippen molar-refractivity contribution in [3.8, 4) is 0 Å². The lowest BCUT2D eigenvalue weighted by Gasteiger charge is -2.02. The van der Waals surface area contributed by atoms with E-state index in [4.69, 9.17) is 0 Å². The average molecular weight is 208 g/mol. The Labute approximate surface area is 88.0 Å². The summed E-state index contributed by atoms with van der Waals surface area (Å²) in [6.07, 6.45) is 1.10. The molecule has 0 aliphatic rings. The molecule has 0 radical (unpaired) electrons. The molecule has 0 saturated carbocycles. The van der Waals surface area contributed by atoms with Crippen molar-refractivity contribution in [2.45, 2.75) is 25.2 Å². The Bertz CT molecular complexity index is 441. The van der Waals surface area contributed by atoms with Crippen molar-refractivity contribution in [1.82, 2.24) is 0 Å². The molecular formula is C11H12S2. The molecule has 13 heavy (non-hydrogen) atoms. The molecule has 0 bridgehead atoms. The number of benzene rings is 1. The number of fused-ring (bicyclic) bond motifs is 1. The molecule has 0 spiro atoms. The molecule has 0 amide bonds. The first-order valence-corrected chi connectivity index (χ1v) is 5.75. The highest BCUT2D eigenvalue weighted by Crippen LogP contribution is 2.33. The first kappa shape index (κ1) is 9.10. The maximum Gasteiger partial charge on any atom is 0.0388 e. The SMILES string of the molecule is CCc1ccc(C)c2c(S)csc12. The zero-order chi connectivity index (χ0) is 9.42. The number of thiol groups is 1. The van der Waals surface area contributed by atoms with E-state index in [-0.39, 0.29) is 0 Å². The van der Waals surface area contributed by atoms with Gasteiger partial charge in [0.15, 0.2) is 0 Å². The standard InChI is InChI=1S/C11H12S2/c1-3-8-5-4-7(2)10-9(12)6-13-11(8)10/h4-6,12H,3H2,1-2H3. The number of hydrogen-bond donors (Lipinski definition) is 1. The summed E-state index contributed by atoms with van der Waals surface area (Å²) in [5, 5.41) is 3.47. The lowest BCUT2D eigenvalue weighted by Crippen LogP contribution is -1.82. The second-order valence-electron chi connectivity index (χ2n) is 3.22. The van der Waals surface area contributed by atoms with Gasteiger partial charge in [0.05, 0.1) is 0 Å². The van der Waals surface area contributed by atoms with Gasteiger partial charge in [-0.3, -0.25) is 0 Å². The Kier molecular flexibility index (Phi) is 2.35. The lowest BCUT2D eigenvalue weighted by molar-refractivity contribution is 1.16. The minimum atomic E-state index is 1.10. The van der Waals surface area contributed by atoms with Gasteiger partial charge in [0.2, 0.25) is 0 Å². The van der Waals surface area contributed by atoms with E-state index in [9.17, 15) is 0 Å². The molecule has 0 aliphatic carbocycles. The molecule has 1 aromatic heterocycles. The van der Waals surface area contributed by atoms with E-state index >= 15 is 0 Å². The molecule has 0 nitrogen and oxygen atoms in total. The van der Waals surface area contributed by atoms with Crippen molar-refractivity contribution in [3.05, 3.63) is 28.6 Å². The molecule has 2 heteroatoms. The predicted molar refractivity (Wildman–Crippen MR) is 63.2 cm³/mol. The first-order chi connectivity index (χ1) is 6.24. The molecule has 2 aromatic rings. The smallest absolute Gasteiger partial charge is 0.0388 e. The molecule has 0 N–H and O–H groups in total. The van der Waals surface area contributed by atoms with Crippen molar-refractivity contribution in [2.75, 3.05) is 0 Å². The van der Waals surface area contributed by atoms with Crippen LogP contribution in [-0.4, -0.2) is 0 Å². The van der Waals surface area contributed by atoms with Crippen LogP contribution >= 0.6 is 24.0 Å². The Morgan fingerprint density at radius 2 is 2.15 bits per heavy atom. The van der Waals surface area contributed by atoms with Gasteiger partial charge in [0.25, 0.3) is 0 Å². The third-order valence-electron chi connectivity index (χ3n) is 2.37. The van der Waals surface area contributed by atoms with E-state index in [0.717, 1.165) is 11.3 Å². The summed E-state index contributed by atoms with van der Waals surface area (Å²) in [7, 11) is 0. The summed E-state index contributed by atoms with van der Waals surface area (Å²) < 4.78 is 1.41. The monoisotopic (exact) mass is 208 g/mol. The highest BCUT2D eigenvalue weighted by molar-refractivity contribution is 7.80. The highest BCUT2D eigenvalue weighted by atomic mass is 32.1. The van der Waals surface area contributed by atoms with Crippen LogP contribution in [-0.2, 0) is 6.42 Å². The van der Waals surface area contributed by atoms with Gasteiger partial charge >= 0.3 is 0 Å². The summed E-state index contributed by atoms with van der Waals surface area (Å²) in [5.74, 6) is 0. The minimum Gasteiger partial charge on any atom is -0.142 e.